The minimum absolute atomic E-state index is 0.174. The number of para-hydroxylation sites is 1. The first-order valence-electron chi connectivity index (χ1n) is 8.58. The second-order valence-electron chi connectivity index (χ2n) is 6.31. The molecule has 2 heterocycles. The van der Waals surface area contributed by atoms with Crippen molar-refractivity contribution in [3.8, 4) is 0 Å². The van der Waals surface area contributed by atoms with Crippen LogP contribution in [0, 0.1) is 12.7 Å². The highest BCUT2D eigenvalue weighted by Gasteiger charge is 2.19. The largest absolute Gasteiger partial charge is 0.334 e. The molecule has 0 saturated carbocycles. The molecule has 0 atom stereocenters. The van der Waals surface area contributed by atoms with Gasteiger partial charge in [0.1, 0.15) is 11.6 Å². The quantitative estimate of drug-likeness (QED) is 0.864. The fourth-order valence-corrected chi connectivity index (χ4v) is 3.02. The molecule has 3 rings (SSSR count). The summed E-state index contributed by atoms with van der Waals surface area (Å²) in [6.07, 6.45) is 3.82. The number of anilines is 1. The van der Waals surface area contributed by atoms with Crippen molar-refractivity contribution < 1.29 is 9.18 Å². The molecule has 0 aliphatic carbocycles. The van der Waals surface area contributed by atoms with Gasteiger partial charge in [-0.2, -0.15) is 0 Å². The van der Waals surface area contributed by atoms with Crippen LogP contribution in [0.1, 0.15) is 5.82 Å². The van der Waals surface area contributed by atoms with Gasteiger partial charge in [0.15, 0.2) is 0 Å². The van der Waals surface area contributed by atoms with Crippen molar-refractivity contribution in [3.05, 3.63) is 48.3 Å². The Kier molecular flexibility index (Phi) is 5.78. The van der Waals surface area contributed by atoms with E-state index in [4.69, 9.17) is 0 Å². The second-order valence-corrected chi connectivity index (χ2v) is 6.31. The summed E-state index contributed by atoms with van der Waals surface area (Å²) in [5.41, 5.74) is 0.238. The maximum atomic E-state index is 13.6. The standard InChI is InChI=1S/C18H24FN5O/c1-15-20-6-7-24(15)13-12-22-8-10-23(11-9-22)14-18(25)21-17-5-3-2-4-16(17)19/h2-7H,8-14H2,1H3,(H,21,25). The van der Waals surface area contributed by atoms with Crippen molar-refractivity contribution in [1.29, 1.82) is 0 Å². The summed E-state index contributed by atoms with van der Waals surface area (Å²) in [5, 5.41) is 2.64. The van der Waals surface area contributed by atoms with Gasteiger partial charge in [0.05, 0.1) is 12.2 Å². The minimum atomic E-state index is -0.407. The predicted molar refractivity (Wildman–Crippen MR) is 94.9 cm³/mol. The maximum absolute atomic E-state index is 13.6. The van der Waals surface area contributed by atoms with Gasteiger partial charge in [-0.3, -0.25) is 14.6 Å². The Morgan fingerprint density at radius 3 is 2.56 bits per heavy atom. The van der Waals surface area contributed by atoms with Gasteiger partial charge in [0, 0.05) is 51.7 Å². The number of nitrogens with zero attached hydrogens (tertiary/aromatic N) is 4. The Hall–Kier alpha value is -2.25. The lowest BCUT2D eigenvalue weighted by molar-refractivity contribution is -0.117. The van der Waals surface area contributed by atoms with Crippen molar-refractivity contribution in [3.63, 3.8) is 0 Å². The molecular weight excluding hydrogens is 321 g/mol. The molecule has 1 aromatic carbocycles. The van der Waals surface area contributed by atoms with Gasteiger partial charge in [0.2, 0.25) is 5.91 Å². The van der Waals surface area contributed by atoms with E-state index >= 15 is 0 Å². The summed E-state index contributed by atoms with van der Waals surface area (Å²) < 4.78 is 15.7. The monoisotopic (exact) mass is 345 g/mol. The predicted octanol–water partition coefficient (Wildman–Crippen LogP) is 1.59. The number of hydrogen-bond acceptors (Lipinski definition) is 4. The highest BCUT2D eigenvalue weighted by molar-refractivity contribution is 5.92. The lowest BCUT2D eigenvalue weighted by atomic mass is 10.3. The van der Waals surface area contributed by atoms with Crippen LogP contribution in [-0.2, 0) is 11.3 Å². The van der Waals surface area contributed by atoms with Gasteiger partial charge < -0.3 is 9.88 Å². The lowest BCUT2D eigenvalue weighted by Crippen LogP contribution is -2.49. The third-order valence-corrected chi connectivity index (χ3v) is 4.56. The maximum Gasteiger partial charge on any atom is 0.238 e. The van der Waals surface area contributed by atoms with Gasteiger partial charge in [-0.25, -0.2) is 9.37 Å². The fraction of sp³-hybridized carbons (Fsp3) is 0.444. The molecule has 1 saturated heterocycles. The summed E-state index contributed by atoms with van der Waals surface area (Å²) in [5.74, 6) is 0.450. The van der Waals surface area contributed by atoms with Gasteiger partial charge in [-0.05, 0) is 19.1 Å². The Morgan fingerprint density at radius 2 is 1.88 bits per heavy atom. The van der Waals surface area contributed by atoms with Gasteiger partial charge in [0.25, 0.3) is 0 Å². The number of halogens is 1. The van der Waals surface area contributed by atoms with Crippen LogP contribution in [0.3, 0.4) is 0 Å². The molecule has 1 aromatic heterocycles. The molecule has 0 radical (unpaired) electrons. The molecule has 1 amide bonds. The zero-order valence-electron chi connectivity index (χ0n) is 14.5. The van der Waals surface area contributed by atoms with Crippen LogP contribution in [0.5, 0.6) is 0 Å². The number of piperazine rings is 1. The molecule has 6 nitrogen and oxygen atoms in total. The number of imidazole rings is 1. The number of nitrogens with one attached hydrogen (secondary N) is 1. The van der Waals surface area contributed by atoms with E-state index in [1.54, 1.807) is 18.2 Å². The molecule has 0 bridgehead atoms. The van der Waals surface area contributed by atoms with Crippen molar-refractivity contribution >= 4 is 11.6 Å². The highest BCUT2D eigenvalue weighted by Crippen LogP contribution is 2.12. The average Bonchev–Trinajstić information content (AvgIpc) is 3.01. The first kappa shape index (κ1) is 17.6. The highest BCUT2D eigenvalue weighted by atomic mass is 19.1. The molecule has 1 N–H and O–H groups in total. The van der Waals surface area contributed by atoms with E-state index < -0.39 is 5.82 Å². The number of hydrogen-bond donors (Lipinski definition) is 1. The second kappa shape index (κ2) is 8.22. The van der Waals surface area contributed by atoms with Crippen LogP contribution in [0.25, 0.3) is 0 Å². The van der Waals surface area contributed by atoms with Gasteiger partial charge >= 0.3 is 0 Å². The minimum Gasteiger partial charge on any atom is -0.334 e. The topological polar surface area (TPSA) is 53.4 Å². The van der Waals surface area contributed by atoms with Crippen molar-refractivity contribution in [2.45, 2.75) is 13.5 Å². The number of benzene rings is 1. The Balaban J connectivity index is 1.39. The van der Waals surface area contributed by atoms with Crippen molar-refractivity contribution in [2.24, 2.45) is 0 Å². The van der Waals surface area contributed by atoms with Gasteiger partial charge in [-0.1, -0.05) is 12.1 Å². The molecule has 1 fully saturated rings. The smallest absolute Gasteiger partial charge is 0.238 e. The van der Waals surface area contributed by atoms with Crippen molar-refractivity contribution in [2.75, 3.05) is 44.6 Å². The summed E-state index contributed by atoms with van der Waals surface area (Å²) in [6, 6.07) is 6.23. The Morgan fingerprint density at radius 1 is 1.16 bits per heavy atom. The van der Waals surface area contributed by atoms with Crippen LogP contribution >= 0.6 is 0 Å². The average molecular weight is 345 g/mol. The third kappa shape index (κ3) is 4.87. The fourth-order valence-electron chi connectivity index (χ4n) is 3.02. The summed E-state index contributed by atoms with van der Waals surface area (Å²) in [6.45, 7) is 7.75. The number of rotatable bonds is 6. The molecule has 25 heavy (non-hydrogen) atoms. The van der Waals surface area contributed by atoms with E-state index in [0.717, 1.165) is 45.1 Å². The summed E-state index contributed by atoms with van der Waals surface area (Å²) in [7, 11) is 0. The van der Waals surface area contributed by atoms with Crippen LogP contribution in [0.15, 0.2) is 36.7 Å². The number of amides is 1. The van der Waals surface area contributed by atoms with Crippen molar-refractivity contribution in [1.82, 2.24) is 19.4 Å². The van der Waals surface area contributed by atoms with Crippen LogP contribution in [0.2, 0.25) is 0 Å². The molecular formula is C18H24FN5O. The number of aromatic nitrogens is 2. The molecule has 1 aliphatic rings. The molecule has 2 aromatic rings. The van der Waals surface area contributed by atoms with Crippen LogP contribution < -0.4 is 5.32 Å². The van der Waals surface area contributed by atoms with Crippen LogP contribution in [-0.4, -0.2) is 64.5 Å². The van der Waals surface area contributed by atoms with E-state index in [1.807, 2.05) is 19.3 Å². The van der Waals surface area contributed by atoms with Gasteiger partial charge in [-0.15, -0.1) is 0 Å². The first-order chi connectivity index (χ1) is 12.1. The Labute approximate surface area is 147 Å². The van der Waals surface area contributed by atoms with E-state index in [2.05, 4.69) is 24.7 Å². The summed E-state index contributed by atoms with van der Waals surface area (Å²) >= 11 is 0. The SMILES string of the molecule is Cc1nccn1CCN1CCN(CC(=O)Nc2ccccc2F)CC1. The van der Waals surface area contributed by atoms with E-state index in [0.29, 0.717) is 6.54 Å². The van der Waals surface area contributed by atoms with Crippen LogP contribution in [0.4, 0.5) is 10.1 Å². The zero-order chi connectivity index (χ0) is 17.6. The van der Waals surface area contributed by atoms with E-state index in [9.17, 15) is 9.18 Å². The van der Waals surface area contributed by atoms with E-state index in [1.165, 1.54) is 6.07 Å². The molecule has 7 heteroatoms. The normalized spacial score (nSPS) is 16.1. The number of carbonyl (C=O) groups is 1. The summed E-state index contributed by atoms with van der Waals surface area (Å²) in [4.78, 5) is 20.8. The van der Waals surface area contributed by atoms with E-state index in [-0.39, 0.29) is 11.6 Å². The third-order valence-electron chi connectivity index (χ3n) is 4.56. The first-order valence-corrected chi connectivity index (χ1v) is 8.58. The molecule has 1 aliphatic heterocycles. The number of carbonyl (C=O) groups excluding carboxylic acids is 1. The molecule has 0 spiro atoms. The zero-order valence-corrected chi connectivity index (χ0v) is 14.5. The molecule has 134 valence electrons. The lowest BCUT2D eigenvalue weighted by Gasteiger charge is -2.34. The number of aryl methyl sites for hydroxylation is 1. The Bertz CT molecular complexity index is 709. The molecule has 0 unspecified atom stereocenters.